The maximum absolute atomic E-state index is 11.5. The molecule has 166 valence electrons. The van der Waals surface area contributed by atoms with Crippen molar-refractivity contribution in [1.29, 1.82) is 5.26 Å². The third kappa shape index (κ3) is 4.06. The van der Waals surface area contributed by atoms with Gasteiger partial charge in [-0.2, -0.15) is 14.9 Å². The number of fused-ring (bicyclic) bond motifs is 1. The molecule has 0 spiro atoms. The molecule has 0 aliphatic heterocycles. The number of aromatic nitrogens is 5. The van der Waals surface area contributed by atoms with Crippen molar-refractivity contribution in [2.24, 2.45) is 4.99 Å². The lowest BCUT2D eigenvalue weighted by Gasteiger charge is -2.16. The summed E-state index contributed by atoms with van der Waals surface area (Å²) in [7, 11) is 0. The van der Waals surface area contributed by atoms with Crippen molar-refractivity contribution in [2.75, 3.05) is 5.32 Å². The van der Waals surface area contributed by atoms with Crippen LogP contribution in [0.2, 0.25) is 5.02 Å². The van der Waals surface area contributed by atoms with Gasteiger partial charge in [0.2, 0.25) is 5.88 Å². The number of H-pyrrole nitrogens is 2. The number of aromatic amines is 2. The van der Waals surface area contributed by atoms with Crippen molar-refractivity contribution < 1.29 is 5.11 Å². The van der Waals surface area contributed by atoms with Gasteiger partial charge in [0, 0.05) is 10.2 Å². The Morgan fingerprint density at radius 1 is 1.42 bits per heavy atom. The maximum Gasteiger partial charge on any atom is 0.326 e. The molecule has 1 aliphatic carbocycles. The number of anilines is 1. The second-order valence-electron chi connectivity index (χ2n) is 7.87. The molecular formula is C22H19ClN8O2. The van der Waals surface area contributed by atoms with Gasteiger partial charge in [-0.1, -0.05) is 23.7 Å². The van der Waals surface area contributed by atoms with Gasteiger partial charge in [-0.05, 0) is 43.5 Å². The van der Waals surface area contributed by atoms with Crippen LogP contribution in [0.1, 0.15) is 42.6 Å². The number of rotatable bonds is 5. The van der Waals surface area contributed by atoms with Crippen molar-refractivity contribution in [3.8, 4) is 11.9 Å². The molecule has 4 aromatic rings. The summed E-state index contributed by atoms with van der Waals surface area (Å²) in [5.74, 6) is 0.0719. The molecule has 0 amide bonds. The van der Waals surface area contributed by atoms with E-state index in [1.165, 1.54) is 4.52 Å². The van der Waals surface area contributed by atoms with E-state index in [0.717, 1.165) is 18.4 Å². The smallest absolute Gasteiger partial charge is 0.326 e. The molecule has 4 N–H and O–H groups in total. The average molecular weight is 463 g/mol. The largest absolute Gasteiger partial charge is 0.493 e. The van der Waals surface area contributed by atoms with E-state index < -0.39 is 5.69 Å². The lowest BCUT2D eigenvalue weighted by atomic mass is 10.1. The Kier molecular flexibility index (Phi) is 5.11. The molecule has 0 radical (unpaired) electrons. The molecule has 1 saturated carbocycles. The van der Waals surface area contributed by atoms with E-state index in [2.05, 4.69) is 31.4 Å². The van der Waals surface area contributed by atoms with E-state index in [1.54, 1.807) is 18.3 Å². The molecule has 1 aromatic carbocycles. The molecule has 33 heavy (non-hydrogen) atoms. The number of hydrogen-bond donors (Lipinski definition) is 4. The molecule has 11 heteroatoms. The molecule has 1 atom stereocenters. The van der Waals surface area contributed by atoms with Gasteiger partial charge in [-0.15, -0.1) is 0 Å². The molecule has 0 bridgehead atoms. The van der Waals surface area contributed by atoms with Crippen molar-refractivity contribution in [1.82, 2.24) is 24.6 Å². The Morgan fingerprint density at radius 2 is 2.24 bits per heavy atom. The van der Waals surface area contributed by atoms with Gasteiger partial charge < -0.3 is 15.4 Å². The number of aromatic hydroxyl groups is 1. The van der Waals surface area contributed by atoms with E-state index >= 15 is 0 Å². The van der Waals surface area contributed by atoms with Crippen LogP contribution in [0, 0.1) is 11.3 Å². The summed E-state index contributed by atoms with van der Waals surface area (Å²) in [6.45, 7) is 1.95. The van der Waals surface area contributed by atoms with Crippen LogP contribution in [0.15, 0.2) is 40.2 Å². The lowest BCUT2D eigenvalue weighted by Crippen LogP contribution is -2.25. The van der Waals surface area contributed by atoms with Crippen molar-refractivity contribution >= 4 is 29.1 Å². The van der Waals surface area contributed by atoms with Crippen molar-refractivity contribution in [3.05, 3.63) is 73.5 Å². The fourth-order valence-corrected chi connectivity index (χ4v) is 3.71. The van der Waals surface area contributed by atoms with Crippen LogP contribution in [0.4, 0.5) is 5.82 Å². The van der Waals surface area contributed by atoms with Gasteiger partial charge >= 0.3 is 5.69 Å². The molecule has 0 unspecified atom stereocenters. The lowest BCUT2D eigenvalue weighted by molar-refractivity contribution is 0.454. The van der Waals surface area contributed by atoms with E-state index in [-0.39, 0.29) is 29.2 Å². The summed E-state index contributed by atoms with van der Waals surface area (Å²) >= 11 is 6.14. The van der Waals surface area contributed by atoms with Crippen LogP contribution in [0.25, 0.3) is 11.7 Å². The fraction of sp³-hybridized carbons (Fsp3) is 0.227. The Labute approximate surface area is 191 Å². The third-order valence-electron chi connectivity index (χ3n) is 5.35. The summed E-state index contributed by atoms with van der Waals surface area (Å²) in [6, 6.07) is 9.61. The summed E-state index contributed by atoms with van der Waals surface area (Å²) in [6.07, 6.45) is 5.01. The van der Waals surface area contributed by atoms with Gasteiger partial charge in [0.05, 0.1) is 18.3 Å². The Hall–Kier alpha value is -4.10. The highest BCUT2D eigenvalue weighted by Crippen LogP contribution is 2.24. The molecule has 1 fully saturated rings. The first-order valence-electron chi connectivity index (χ1n) is 10.3. The first-order chi connectivity index (χ1) is 15.9. The van der Waals surface area contributed by atoms with Gasteiger partial charge in [0.25, 0.3) is 0 Å². The normalized spacial score (nSPS) is 15.7. The van der Waals surface area contributed by atoms with E-state index in [9.17, 15) is 15.2 Å². The Morgan fingerprint density at radius 3 is 2.91 bits per heavy atom. The van der Waals surface area contributed by atoms with Crippen LogP contribution in [-0.2, 0) is 0 Å². The van der Waals surface area contributed by atoms with Crippen LogP contribution in [0.5, 0.6) is 5.88 Å². The number of nitriles is 1. The second kappa shape index (κ2) is 8.11. The standard InChI is InChI=1S/C22H19ClN8O2/c1-11(12-3-2-4-14(23)7-12)26-18-16(9-24)20(27-15-5-6-15)31-19(29-18)13(10-25-31)8-17-21(32)30-22(33)28-17/h2-4,7-8,10-11,15,26,32H,5-6H2,1H3,(H2,28,30,33)/b13-8+,27-20?/t11-/m0/s1. The zero-order valence-electron chi connectivity index (χ0n) is 17.5. The number of nitrogens with one attached hydrogen (secondary N) is 3. The Balaban J connectivity index is 1.70. The number of hydrogen-bond acceptors (Lipinski definition) is 7. The highest BCUT2D eigenvalue weighted by atomic mass is 35.5. The van der Waals surface area contributed by atoms with Crippen molar-refractivity contribution in [2.45, 2.75) is 31.8 Å². The number of halogens is 1. The summed E-state index contributed by atoms with van der Waals surface area (Å²) in [4.78, 5) is 25.7. The van der Waals surface area contributed by atoms with Gasteiger partial charge in [0.1, 0.15) is 17.3 Å². The average Bonchev–Trinajstić information content (AvgIpc) is 3.43. The third-order valence-corrected chi connectivity index (χ3v) is 5.59. The van der Waals surface area contributed by atoms with Crippen LogP contribution in [-0.4, -0.2) is 35.7 Å². The van der Waals surface area contributed by atoms with Crippen molar-refractivity contribution in [3.63, 3.8) is 0 Å². The molecule has 0 saturated heterocycles. The summed E-state index contributed by atoms with van der Waals surface area (Å²) in [5.41, 5.74) is 1.73. The summed E-state index contributed by atoms with van der Waals surface area (Å²) < 4.78 is 1.51. The van der Waals surface area contributed by atoms with Gasteiger partial charge in [0.15, 0.2) is 17.0 Å². The topological polar surface area (TPSA) is 147 Å². The highest BCUT2D eigenvalue weighted by Gasteiger charge is 2.23. The molecule has 3 aromatic heterocycles. The maximum atomic E-state index is 11.5. The first-order valence-corrected chi connectivity index (χ1v) is 10.7. The van der Waals surface area contributed by atoms with E-state index in [1.807, 2.05) is 25.1 Å². The molecule has 5 rings (SSSR count). The van der Waals surface area contributed by atoms with Gasteiger partial charge in [-0.3, -0.25) is 9.98 Å². The number of nitrogens with zero attached hydrogens (tertiary/aromatic N) is 5. The minimum Gasteiger partial charge on any atom is -0.493 e. The van der Waals surface area contributed by atoms with Crippen LogP contribution in [0.3, 0.4) is 0 Å². The predicted molar refractivity (Wildman–Crippen MR) is 122 cm³/mol. The minimum absolute atomic E-state index is 0.141. The monoisotopic (exact) mass is 462 g/mol. The predicted octanol–water partition coefficient (Wildman–Crippen LogP) is 1.76. The molecule has 1 aliphatic rings. The highest BCUT2D eigenvalue weighted by molar-refractivity contribution is 6.30. The quantitative estimate of drug-likeness (QED) is 0.355. The summed E-state index contributed by atoms with van der Waals surface area (Å²) in [5, 5.41) is 28.7. The SMILES string of the molecule is C[C@H](Nc1nc2/c(=C/c3[nH]c(=O)[nH]c3O)cnn2c(=NC2CC2)c1C#N)c1cccc(Cl)c1. The fourth-order valence-electron chi connectivity index (χ4n) is 3.51. The zero-order valence-corrected chi connectivity index (χ0v) is 18.3. The zero-order chi connectivity index (χ0) is 23.1. The first kappa shape index (κ1) is 20.8. The Bertz CT molecular complexity index is 1590. The van der Waals surface area contributed by atoms with E-state index in [0.29, 0.717) is 27.2 Å². The van der Waals surface area contributed by atoms with Crippen LogP contribution >= 0.6 is 11.6 Å². The van der Waals surface area contributed by atoms with E-state index in [4.69, 9.17) is 16.6 Å². The van der Waals surface area contributed by atoms with Crippen LogP contribution < -0.4 is 21.7 Å². The second-order valence-corrected chi connectivity index (χ2v) is 8.31. The number of benzene rings is 1. The minimum atomic E-state index is -0.530. The molecule has 10 nitrogen and oxygen atoms in total. The van der Waals surface area contributed by atoms with Gasteiger partial charge in [-0.25, -0.2) is 9.78 Å². The molecular weight excluding hydrogens is 444 g/mol. The number of imidazole rings is 1. The molecule has 3 heterocycles.